The Kier molecular flexibility index (Phi) is 5.31. The van der Waals surface area contributed by atoms with Gasteiger partial charge in [-0.2, -0.15) is 26.3 Å². The van der Waals surface area contributed by atoms with Crippen molar-refractivity contribution in [2.45, 2.75) is 51.1 Å². The standard InChI is InChI=1S/C29H22F7N/c1-15-11-16(2)13-18(12-15)25-24-22(9-10-37-25)21-7-5-17-14-19(6-8-20(17)23(21)26(24,3)4)27(30,28(31,32)33)29(34,35)36/h5-14H,1-4H3. The molecule has 0 saturated heterocycles. The zero-order valence-corrected chi connectivity index (χ0v) is 20.4. The highest BCUT2D eigenvalue weighted by Gasteiger charge is 2.73. The van der Waals surface area contributed by atoms with E-state index in [4.69, 9.17) is 0 Å². The Morgan fingerprint density at radius 3 is 1.86 bits per heavy atom. The van der Waals surface area contributed by atoms with E-state index in [1.807, 2.05) is 52.0 Å². The number of aryl methyl sites for hydroxylation is 2. The first-order valence-corrected chi connectivity index (χ1v) is 11.6. The quantitative estimate of drug-likeness (QED) is 0.242. The van der Waals surface area contributed by atoms with Crippen molar-refractivity contribution in [2.75, 3.05) is 0 Å². The van der Waals surface area contributed by atoms with Crippen LogP contribution in [-0.2, 0) is 11.1 Å². The van der Waals surface area contributed by atoms with E-state index in [-0.39, 0.29) is 5.39 Å². The Balaban J connectivity index is 1.74. The van der Waals surface area contributed by atoms with Gasteiger partial charge in [-0.25, -0.2) is 4.39 Å². The largest absolute Gasteiger partial charge is 0.435 e. The first kappa shape index (κ1) is 25.2. The van der Waals surface area contributed by atoms with Crippen molar-refractivity contribution in [3.8, 4) is 22.4 Å². The van der Waals surface area contributed by atoms with Crippen LogP contribution in [0.3, 0.4) is 0 Å². The molecule has 0 fully saturated rings. The average molecular weight is 517 g/mol. The number of benzene rings is 3. The third-order valence-electron chi connectivity index (χ3n) is 7.19. The van der Waals surface area contributed by atoms with Gasteiger partial charge in [0.15, 0.2) is 0 Å². The average Bonchev–Trinajstić information content (AvgIpc) is 3.03. The highest BCUT2D eigenvalue weighted by molar-refractivity contribution is 5.99. The number of aromatic nitrogens is 1. The van der Waals surface area contributed by atoms with E-state index in [1.54, 1.807) is 12.3 Å². The maximum absolute atomic E-state index is 14.8. The summed E-state index contributed by atoms with van der Waals surface area (Å²) in [6.45, 7) is 7.86. The third-order valence-corrected chi connectivity index (χ3v) is 7.19. The number of hydrogen-bond donors (Lipinski definition) is 0. The molecule has 0 saturated carbocycles. The maximum atomic E-state index is 14.8. The predicted octanol–water partition coefficient (Wildman–Crippen LogP) is 9.11. The predicted molar refractivity (Wildman–Crippen MR) is 129 cm³/mol. The van der Waals surface area contributed by atoms with E-state index >= 15 is 0 Å². The summed E-state index contributed by atoms with van der Waals surface area (Å²) in [6.07, 6.45) is -10.6. The monoisotopic (exact) mass is 517 g/mol. The van der Waals surface area contributed by atoms with E-state index < -0.39 is 29.0 Å². The van der Waals surface area contributed by atoms with Crippen molar-refractivity contribution in [2.24, 2.45) is 0 Å². The summed E-state index contributed by atoms with van der Waals surface area (Å²) in [4.78, 5) is 4.66. The Morgan fingerprint density at radius 1 is 0.676 bits per heavy atom. The van der Waals surface area contributed by atoms with Gasteiger partial charge in [0.25, 0.3) is 0 Å². The van der Waals surface area contributed by atoms with E-state index in [0.717, 1.165) is 50.7 Å². The first-order chi connectivity index (χ1) is 17.1. The lowest BCUT2D eigenvalue weighted by molar-refractivity contribution is -0.348. The number of pyridine rings is 1. The summed E-state index contributed by atoms with van der Waals surface area (Å²) in [7, 11) is 0. The van der Waals surface area contributed by atoms with Gasteiger partial charge in [-0.1, -0.05) is 55.3 Å². The molecule has 1 heterocycles. The molecular formula is C29H22F7N. The van der Waals surface area contributed by atoms with Crippen LogP contribution in [0, 0.1) is 13.8 Å². The molecule has 1 aliphatic carbocycles. The zero-order chi connectivity index (χ0) is 27.1. The normalized spacial score (nSPS) is 15.1. The highest BCUT2D eigenvalue weighted by atomic mass is 19.4. The Morgan fingerprint density at radius 2 is 1.27 bits per heavy atom. The lowest BCUT2D eigenvalue weighted by Gasteiger charge is -2.31. The molecule has 0 bridgehead atoms. The zero-order valence-electron chi connectivity index (χ0n) is 20.4. The third kappa shape index (κ3) is 3.55. The van der Waals surface area contributed by atoms with Gasteiger partial charge in [0, 0.05) is 22.7 Å². The molecule has 3 aromatic carbocycles. The molecule has 1 nitrogen and oxygen atoms in total. The number of hydrogen-bond acceptors (Lipinski definition) is 1. The summed E-state index contributed by atoms with van der Waals surface area (Å²) >= 11 is 0. The van der Waals surface area contributed by atoms with Crippen molar-refractivity contribution in [1.29, 1.82) is 0 Å². The van der Waals surface area contributed by atoms with Gasteiger partial charge < -0.3 is 0 Å². The molecule has 0 amide bonds. The number of nitrogens with zero attached hydrogens (tertiary/aromatic N) is 1. The SMILES string of the molecule is Cc1cc(C)cc(-c2nccc3c2C(C)(C)c2c-3ccc3cc(C(F)(C(F)(F)F)C(F)(F)F)ccc23)c1. The molecule has 37 heavy (non-hydrogen) atoms. The lowest BCUT2D eigenvalue weighted by Crippen LogP contribution is -2.50. The van der Waals surface area contributed by atoms with Gasteiger partial charge in [-0.3, -0.25) is 4.98 Å². The molecule has 0 radical (unpaired) electrons. The van der Waals surface area contributed by atoms with Gasteiger partial charge in [-0.05, 0) is 71.1 Å². The van der Waals surface area contributed by atoms with Crippen molar-refractivity contribution in [3.63, 3.8) is 0 Å². The van der Waals surface area contributed by atoms with Crippen molar-refractivity contribution in [1.82, 2.24) is 4.98 Å². The van der Waals surface area contributed by atoms with Crippen LogP contribution in [0.1, 0.15) is 41.7 Å². The van der Waals surface area contributed by atoms with E-state index in [2.05, 4.69) is 4.98 Å². The van der Waals surface area contributed by atoms with Crippen molar-refractivity contribution < 1.29 is 30.7 Å². The fourth-order valence-corrected chi connectivity index (χ4v) is 5.70. The summed E-state index contributed by atoms with van der Waals surface area (Å²) in [5.74, 6) is 0. The van der Waals surface area contributed by atoms with Gasteiger partial charge in [0.1, 0.15) is 0 Å². The molecule has 192 valence electrons. The highest BCUT2D eigenvalue weighted by Crippen LogP contribution is 2.56. The van der Waals surface area contributed by atoms with Gasteiger partial charge in [0.2, 0.25) is 0 Å². The summed E-state index contributed by atoms with van der Waals surface area (Å²) in [5.41, 5.74) is -0.510. The second kappa shape index (κ2) is 7.79. The second-order valence-corrected chi connectivity index (χ2v) is 10.2. The van der Waals surface area contributed by atoms with Crippen LogP contribution >= 0.6 is 0 Å². The summed E-state index contributed by atoms with van der Waals surface area (Å²) in [5, 5.41) is 0.550. The molecule has 0 unspecified atom stereocenters. The van der Waals surface area contributed by atoms with E-state index in [0.29, 0.717) is 17.5 Å². The fraction of sp³-hybridized carbons (Fsp3) is 0.276. The van der Waals surface area contributed by atoms with Crippen molar-refractivity contribution in [3.05, 3.63) is 88.6 Å². The van der Waals surface area contributed by atoms with E-state index in [9.17, 15) is 30.7 Å². The smallest absolute Gasteiger partial charge is 0.256 e. The summed E-state index contributed by atoms with van der Waals surface area (Å²) in [6, 6.07) is 13.5. The molecule has 1 aliphatic rings. The molecule has 4 aromatic rings. The van der Waals surface area contributed by atoms with E-state index in [1.165, 1.54) is 6.07 Å². The van der Waals surface area contributed by atoms with Crippen LogP contribution < -0.4 is 0 Å². The van der Waals surface area contributed by atoms with Crippen LogP contribution in [0.4, 0.5) is 30.7 Å². The molecular weight excluding hydrogens is 495 g/mol. The molecule has 1 aromatic heterocycles. The van der Waals surface area contributed by atoms with Crippen LogP contribution in [0.15, 0.2) is 60.8 Å². The maximum Gasteiger partial charge on any atom is 0.435 e. The van der Waals surface area contributed by atoms with Crippen LogP contribution in [0.25, 0.3) is 33.2 Å². The van der Waals surface area contributed by atoms with Crippen LogP contribution in [0.2, 0.25) is 0 Å². The lowest BCUT2D eigenvalue weighted by atomic mass is 9.78. The molecule has 8 heteroatoms. The minimum absolute atomic E-state index is 0.0913. The first-order valence-electron chi connectivity index (χ1n) is 11.6. The van der Waals surface area contributed by atoms with Gasteiger partial charge in [-0.15, -0.1) is 0 Å². The van der Waals surface area contributed by atoms with Gasteiger partial charge >= 0.3 is 18.0 Å². The molecule has 0 N–H and O–H groups in total. The number of rotatable bonds is 2. The van der Waals surface area contributed by atoms with Gasteiger partial charge in [0.05, 0.1) is 5.69 Å². The topological polar surface area (TPSA) is 12.9 Å². The number of alkyl halides is 7. The fourth-order valence-electron chi connectivity index (χ4n) is 5.70. The Bertz CT molecular complexity index is 1530. The second-order valence-electron chi connectivity index (χ2n) is 10.2. The molecule has 0 aliphatic heterocycles. The number of halogens is 7. The minimum atomic E-state index is -6.17. The molecule has 0 spiro atoms. The Hall–Kier alpha value is -3.42. The van der Waals surface area contributed by atoms with Crippen LogP contribution in [0.5, 0.6) is 0 Å². The molecule has 0 atom stereocenters. The molecule has 5 rings (SSSR count). The van der Waals surface area contributed by atoms with Crippen LogP contribution in [-0.4, -0.2) is 17.3 Å². The number of fused-ring (bicyclic) bond motifs is 5. The Labute approximate surface area is 209 Å². The summed E-state index contributed by atoms with van der Waals surface area (Å²) < 4.78 is 95.0. The van der Waals surface area contributed by atoms with Crippen molar-refractivity contribution >= 4 is 10.8 Å². The minimum Gasteiger partial charge on any atom is -0.256 e.